The Morgan fingerprint density at radius 3 is 2.71 bits per heavy atom. The monoisotopic (exact) mass is 188 g/mol. The van der Waals surface area contributed by atoms with Crippen LogP contribution < -0.4 is 5.73 Å². The van der Waals surface area contributed by atoms with Crippen LogP contribution >= 0.6 is 0 Å². The first-order valence-corrected chi connectivity index (χ1v) is 4.39. The van der Waals surface area contributed by atoms with Crippen LogP contribution in [0.3, 0.4) is 0 Å². The molecule has 0 unspecified atom stereocenters. The lowest BCUT2D eigenvalue weighted by Crippen LogP contribution is -1.92. The second-order valence-electron chi connectivity index (χ2n) is 3.24. The fourth-order valence-electron chi connectivity index (χ4n) is 1.51. The molecule has 0 saturated carbocycles. The summed E-state index contributed by atoms with van der Waals surface area (Å²) in [5.41, 5.74) is 8.73. The lowest BCUT2D eigenvalue weighted by Gasteiger charge is -2.01. The van der Waals surface area contributed by atoms with Crippen molar-refractivity contribution in [3.05, 3.63) is 30.2 Å². The fourth-order valence-corrected chi connectivity index (χ4v) is 1.51. The van der Waals surface area contributed by atoms with Gasteiger partial charge in [0.15, 0.2) is 0 Å². The van der Waals surface area contributed by atoms with E-state index in [2.05, 4.69) is 10.1 Å². The van der Waals surface area contributed by atoms with Crippen LogP contribution in [0.1, 0.15) is 5.69 Å². The Bertz CT molecular complexity index is 459. The molecule has 2 heterocycles. The molecule has 0 aliphatic heterocycles. The van der Waals surface area contributed by atoms with E-state index in [1.54, 1.807) is 10.9 Å². The van der Waals surface area contributed by atoms with Crippen molar-refractivity contribution in [2.24, 2.45) is 7.05 Å². The number of pyridine rings is 1. The molecule has 0 radical (unpaired) electrons. The lowest BCUT2D eigenvalue weighted by molar-refractivity contribution is 0.756. The molecule has 0 spiro atoms. The second-order valence-corrected chi connectivity index (χ2v) is 3.24. The maximum Gasteiger partial charge on any atom is 0.131 e. The zero-order chi connectivity index (χ0) is 10.1. The van der Waals surface area contributed by atoms with E-state index in [0.29, 0.717) is 5.82 Å². The van der Waals surface area contributed by atoms with Crippen LogP contribution in [0, 0.1) is 6.92 Å². The quantitative estimate of drug-likeness (QED) is 0.735. The van der Waals surface area contributed by atoms with Crippen LogP contribution in [0.5, 0.6) is 0 Å². The first-order valence-electron chi connectivity index (χ1n) is 4.39. The van der Waals surface area contributed by atoms with Gasteiger partial charge in [0, 0.05) is 30.6 Å². The van der Waals surface area contributed by atoms with Gasteiger partial charge in [0.05, 0.1) is 5.69 Å². The second kappa shape index (κ2) is 3.14. The number of aromatic nitrogens is 3. The minimum Gasteiger partial charge on any atom is -0.383 e. The van der Waals surface area contributed by atoms with Gasteiger partial charge in [0.2, 0.25) is 0 Å². The van der Waals surface area contributed by atoms with Crippen LogP contribution in [0.15, 0.2) is 24.5 Å². The Hall–Kier alpha value is -1.84. The Balaban J connectivity index is 2.60. The number of hydrogen-bond acceptors (Lipinski definition) is 3. The SMILES string of the molecule is Cc1nn(C)cc1-c1cccnc1N. The van der Waals surface area contributed by atoms with Crippen LogP contribution in [-0.4, -0.2) is 14.8 Å². The average molecular weight is 188 g/mol. The molecule has 2 aromatic heterocycles. The van der Waals surface area contributed by atoms with E-state index < -0.39 is 0 Å². The Morgan fingerprint density at radius 2 is 2.14 bits per heavy atom. The topological polar surface area (TPSA) is 56.7 Å². The van der Waals surface area contributed by atoms with Crippen LogP contribution in [0.25, 0.3) is 11.1 Å². The number of nitrogens with zero attached hydrogens (tertiary/aromatic N) is 3. The minimum atomic E-state index is 0.545. The number of rotatable bonds is 1. The van der Waals surface area contributed by atoms with Crippen molar-refractivity contribution in [1.82, 2.24) is 14.8 Å². The van der Waals surface area contributed by atoms with E-state index in [0.717, 1.165) is 16.8 Å². The molecule has 2 aromatic rings. The van der Waals surface area contributed by atoms with E-state index >= 15 is 0 Å². The molecule has 0 aromatic carbocycles. The molecular weight excluding hydrogens is 176 g/mol. The van der Waals surface area contributed by atoms with E-state index in [1.165, 1.54) is 0 Å². The maximum absolute atomic E-state index is 5.78. The minimum absolute atomic E-state index is 0.545. The highest BCUT2D eigenvalue weighted by Crippen LogP contribution is 2.25. The summed E-state index contributed by atoms with van der Waals surface area (Å²) in [6.45, 7) is 1.96. The van der Waals surface area contributed by atoms with Crippen molar-refractivity contribution in [3.63, 3.8) is 0 Å². The third-order valence-corrected chi connectivity index (χ3v) is 2.14. The molecule has 4 heteroatoms. The molecule has 0 saturated heterocycles. The van der Waals surface area contributed by atoms with Gasteiger partial charge < -0.3 is 5.73 Å². The lowest BCUT2D eigenvalue weighted by atomic mass is 10.1. The number of anilines is 1. The highest BCUT2D eigenvalue weighted by Gasteiger charge is 2.08. The summed E-state index contributed by atoms with van der Waals surface area (Å²) in [5, 5.41) is 4.26. The molecule has 14 heavy (non-hydrogen) atoms. The predicted octanol–water partition coefficient (Wildman–Crippen LogP) is 1.37. The summed E-state index contributed by atoms with van der Waals surface area (Å²) >= 11 is 0. The van der Waals surface area contributed by atoms with Crippen LogP contribution in [-0.2, 0) is 7.05 Å². The van der Waals surface area contributed by atoms with E-state index in [-0.39, 0.29) is 0 Å². The van der Waals surface area contributed by atoms with Crippen molar-refractivity contribution < 1.29 is 0 Å². The molecule has 0 aliphatic rings. The fraction of sp³-hybridized carbons (Fsp3) is 0.200. The van der Waals surface area contributed by atoms with Crippen molar-refractivity contribution >= 4 is 5.82 Å². The molecule has 72 valence electrons. The highest BCUT2D eigenvalue weighted by molar-refractivity contribution is 5.74. The van der Waals surface area contributed by atoms with Crippen molar-refractivity contribution in [2.75, 3.05) is 5.73 Å². The van der Waals surface area contributed by atoms with E-state index in [9.17, 15) is 0 Å². The maximum atomic E-state index is 5.78. The molecule has 2 N–H and O–H groups in total. The summed E-state index contributed by atoms with van der Waals surface area (Å²) in [5.74, 6) is 0.545. The largest absolute Gasteiger partial charge is 0.383 e. The zero-order valence-electron chi connectivity index (χ0n) is 8.23. The smallest absolute Gasteiger partial charge is 0.131 e. The molecule has 2 rings (SSSR count). The number of aryl methyl sites for hydroxylation is 2. The Kier molecular flexibility index (Phi) is 1.96. The summed E-state index contributed by atoms with van der Waals surface area (Å²) in [6, 6.07) is 3.82. The van der Waals surface area contributed by atoms with Gasteiger partial charge in [-0.2, -0.15) is 5.10 Å². The molecule has 0 fully saturated rings. The molecule has 0 aliphatic carbocycles. The van der Waals surface area contributed by atoms with Gasteiger partial charge in [-0.25, -0.2) is 4.98 Å². The Labute approximate surface area is 82.4 Å². The summed E-state index contributed by atoms with van der Waals surface area (Å²) in [4.78, 5) is 4.05. The molecule has 0 atom stereocenters. The Morgan fingerprint density at radius 1 is 1.36 bits per heavy atom. The van der Waals surface area contributed by atoms with Gasteiger partial charge in [0.25, 0.3) is 0 Å². The number of nitrogens with two attached hydrogens (primary N) is 1. The van der Waals surface area contributed by atoms with Gasteiger partial charge in [0.1, 0.15) is 5.82 Å². The molecular formula is C10H12N4. The third-order valence-electron chi connectivity index (χ3n) is 2.14. The highest BCUT2D eigenvalue weighted by atomic mass is 15.2. The van der Waals surface area contributed by atoms with Crippen LogP contribution in [0.2, 0.25) is 0 Å². The third kappa shape index (κ3) is 1.35. The van der Waals surface area contributed by atoms with Gasteiger partial charge in [-0.15, -0.1) is 0 Å². The summed E-state index contributed by atoms with van der Waals surface area (Å²) < 4.78 is 1.77. The van der Waals surface area contributed by atoms with Crippen molar-refractivity contribution in [2.45, 2.75) is 6.92 Å². The first-order chi connectivity index (χ1) is 6.68. The molecule has 4 nitrogen and oxygen atoms in total. The number of hydrogen-bond donors (Lipinski definition) is 1. The van der Waals surface area contributed by atoms with Gasteiger partial charge in [-0.05, 0) is 19.1 Å². The average Bonchev–Trinajstić information content (AvgIpc) is 2.46. The van der Waals surface area contributed by atoms with Gasteiger partial charge in [-0.3, -0.25) is 4.68 Å². The summed E-state index contributed by atoms with van der Waals surface area (Å²) in [6.07, 6.45) is 3.63. The summed E-state index contributed by atoms with van der Waals surface area (Å²) in [7, 11) is 1.89. The molecule has 0 amide bonds. The zero-order valence-corrected chi connectivity index (χ0v) is 8.23. The van der Waals surface area contributed by atoms with Crippen molar-refractivity contribution in [1.29, 1.82) is 0 Å². The number of nitrogen functional groups attached to an aromatic ring is 1. The predicted molar refractivity (Wildman–Crippen MR) is 55.6 cm³/mol. The van der Waals surface area contributed by atoms with Crippen LogP contribution in [0.4, 0.5) is 5.82 Å². The first kappa shape index (κ1) is 8.74. The van der Waals surface area contributed by atoms with Gasteiger partial charge in [-0.1, -0.05) is 0 Å². The normalized spacial score (nSPS) is 10.4. The standard InChI is InChI=1S/C10H12N4/c1-7-9(6-14(2)13-7)8-4-3-5-12-10(8)11/h3-6H,1-2H3,(H2,11,12). The van der Waals surface area contributed by atoms with Crippen molar-refractivity contribution in [3.8, 4) is 11.1 Å². The van der Waals surface area contributed by atoms with Gasteiger partial charge >= 0.3 is 0 Å². The van der Waals surface area contributed by atoms with E-state index in [4.69, 9.17) is 5.73 Å². The molecule has 0 bridgehead atoms. The van der Waals surface area contributed by atoms with E-state index in [1.807, 2.05) is 32.3 Å².